The molecule has 0 bridgehead atoms. The summed E-state index contributed by atoms with van der Waals surface area (Å²) >= 11 is 7.18. The van der Waals surface area contributed by atoms with Gasteiger partial charge in [-0.25, -0.2) is 9.37 Å². The number of nitrogens with one attached hydrogen (secondary N) is 1. The van der Waals surface area contributed by atoms with Crippen molar-refractivity contribution >= 4 is 28.1 Å². The molecule has 0 unspecified atom stereocenters. The Morgan fingerprint density at radius 2 is 2.00 bits per heavy atom. The average Bonchev–Trinajstić information content (AvgIpc) is 2.69. The third kappa shape index (κ3) is 2.96. The number of anilines is 1. The Morgan fingerprint density at radius 3 is 2.53 bits per heavy atom. The summed E-state index contributed by atoms with van der Waals surface area (Å²) in [6.07, 6.45) is 0. The fourth-order valence-corrected chi connectivity index (χ4v) is 2.49. The number of aromatic nitrogens is 1. The lowest BCUT2D eigenvalue weighted by Crippen LogP contribution is -2.01. The summed E-state index contributed by atoms with van der Waals surface area (Å²) in [6, 6.07) is 3.68. The number of nitrogens with zero attached hydrogens (tertiary/aromatic N) is 1. The molecule has 0 amide bonds. The zero-order chi connectivity index (χ0) is 12.4. The van der Waals surface area contributed by atoms with Crippen LogP contribution in [0.2, 0.25) is 5.15 Å². The van der Waals surface area contributed by atoms with Gasteiger partial charge in [0.05, 0.1) is 0 Å². The maximum Gasteiger partial charge on any atom is 0.184 e. The Bertz CT molecular complexity index is 516. The van der Waals surface area contributed by atoms with Gasteiger partial charge >= 0.3 is 0 Å². The van der Waals surface area contributed by atoms with E-state index in [4.69, 9.17) is 11.6 Å². The topological polar surface area (TPSA) is 24.9 Å². The van der Waals surface area contributed by atoms with Crippen molar-refractivity contribution in [1.82, 2.24) is 4.98 Å². The van der Waals surface area contributed by atoms with Crippen molar-refractivity contribution in [1.29, 1.82) is 0 Å². The Morgan fingerprint density at radius 1 is 1.35 bits per heavy atom. The Kier molecular flexibility index (Phi) is 3.64. The van der Waals surface area contributed by atoms with Gasteiger partial charge in [0.25, 0.3) is 0 Å². The Balaban J connectivity index is 2.09. The van der Waals surface area contributed by atoms with Gasteiger partial charge in [0.2, 0.25) is 0 Å². The van der Waals surface area contributed by atoms with E-state index in [0.717, 1.165) is 10.7 Å². The van der Waals surface area contributed by atoms with Gasteiger partial charge < -0.3 is 5.32 Å². The fourth-order valence-electron chi connectivity index (χ4n) is 1.65. The second kappa shape index (κ2) is 5.02. The number of benzene rings is 1. The summed E-state index contributed by atoms with van der Waals surface area (Å²) in [7, 11) is 0. The van der Waals surface area contributed by atoms with E-state index in [1.165, 1.54) is 11.3 Å². The van der Waals surface area contributed by atoms with Crippen molar-refractivity contribution in [2.75, 3.05) is 5.32 Å². The molecule has 17 heavy (non-hydrogen) atoms. The molecule has 1 aromatic heterocycles. The second-order valence-electron chi connectivity index (χ2n) is 3.87. The lowest BCUT2D eigenvalue weighted by molar-refractivity contribution is 0.608. The summed E-state index contributed by atoms with van der Waals surface area (Å²) in [6.45, 7) is 4.16. The molecule has 0 aliphatic carbocycles. The van der Waals surface area contributed by atoms with E-state index in [0.29, 0.717) is 22.8 Å². The molecule has 0 aliphatic rings. The first-order valence-corrected chi connectivity index (χ1v) is 6.42. The van der Waals surface area contributed by atoms with Crippen molar-refractivity contribution < 1.29 is 4.39 Å². The van der Waals surface area contributed by atoms with Gasteiger partial charge in [-0.15, -0.1) is 11.3 Å². The molecule has 5 heteroatoms. The van der Waals surface area contributed by atoms with Crippen LogP contribution >= 0.6 is 22.9 Å². The van der Waals surface area contributed by atoms with Crippen LogP contribution in [0.3, 0.4) is 0 Å². The quantitative estimate of drug-likeness (QED) is 0.906. The van der Waals surface area contributed by atoms with Gasteiger partial charge in [-0.1, -0.05) is 23.7 Å². The van der Waals surface area contributed by atoms with Gasteiger partial charge in [0.1, 0.15) is 11.0 Å². The highest BCUT2D eigenvalue weighted by atomic mass is 35.5. The summed E-state index contributed by atoms with van der Waals surface area (Å²) in [5.74, 6) is -0.133. The Hall–Kier alpha value is -1.13. The molecule has 0 fully saturated rings. The largest absolute Gasteiger partial charge is 0.357 e. The first-order chi connectivity index (χ1) is 8.06. The molecule has 1 N–H and O–H groups in total. The van der Waals surface area contributed by atoms with Crippen LogP contribution in [0.1, 0.15) is 16.7 Å². The number of hydrogen-bond donors (Lipinski definition) is 1. The van der Waals surface area contributed by atoms with E-state index < -0.39 is 0 Å². The third-order valence-electron chi connectivity index (χ3n) is 2.42. The van der Waals surface area contributed by atoms with Crippen LogP contribution in [0.25, 0.3) is 0 Å². The molecule has 90 valence electrons. The highest BCUT2D eigenvalue weighted by Crippen LogP contribution is 2.20. The number of hydrogen-bond acceptors (Lipinski definition) is 3. The van der Waals surface area contributed by atoms with Gasteiger partial charge in [-0.05, 0) is 30.5 Å². The Labute approximate surface area is 108 Å². The van der Waals surface area contributed by atoms with E-state index in [9.17, 15) is 4.39 Å². The maximum atomic E-state index is 13.4. The van der Waals surface area contributed by atoms with Crippen LogP contribution < -0.4 is 5.32 Å². The molecule has 1 aromatic carbocycles. The minimum absolute atomic E-state index is 0.133. The molecule has 2 nitrogen and oxygen atoms in total. The predicted molar refractivity (Wildman–Crippen MR) is 70.3 cm³/mol. The van der Waals surface area contributed by atoms with Crippen LogP contribution in [0, 0.1) is 19.7 Å². The molecule has 0 atom stereocenters. The SMILES string of the molecule is Cc1cc(CNc2nc(Cl)cs2)cc(C)c1F. The molecular weight excluding hydrogens is 259 g/mol. The van der Waals surface area contributed by atoms with Gasteiger partial charge in [0, 0.05) is 11.9 Å². The van der Waals surface area contributed by atoms with E-state index in [-0.39, 0.29) is 5.82 Å². The number of aryl methyl sites for hydroxylation is 2. The molecule has 2 aromatic rings. The van der Waals surface area contributed by atoms with E-state index >= 15 is 0 Å². The lowest BCUT2D eigenvalue weighted by atomic mass is 10.1. The van der Waals surface area contributed by atoms with Crippen molar-refractivity contribution in [3.05, 3.63) is 45.2 Å². The van der Waals surface area contributed by atoms with Crippen molar-refractivity contribution in [3.8, 4) is 0 Å². The first-order valence-electron chi connectivity index (χ1n) is 5.17. The summed E-state index contributed by atoms with van der Waals surface area (Å²) in [5.41, 5.74) is 2.37. The molecule has 0 aliphatic heterocycles. The molecule has 0 saturated heterocycles. The summed E-state index contributed by atoms with van der Waals surface area (Å²) < 4.78 is 13.4. The highest BCUT2D eigenvalue weighted by molar-refractivity contribution is 7.14. The van der Waals surface area contributed by atoms with Crippen LogP contribution in [-0.2, 0) is 6.54 Å². The zero-order valence-electron chi connectivity index (χ0n) is 9.55. The molecule has 1 heterocycles. The number of thiazole rings is 1. The maximum absolute atomic E-state index is 13.4. The first kappa shape index (κ1) is 12.3. The van der Waals surface area contributed by atoms with Crippen LogP contribution in [0.5, 0.6) is 0 Å². The zero-order valence-corrected chi connectivity index (χ0v) is 11.1. The summed E-state index contributed by atoms with van der Waals surface area (Å²) in [5, 5.41) is 6.19. The van der Waals surface area contributed by atoms with E-state index in [1.54, 1.807) is 19.2 Å². The normalized spacial score (nSPS) is 10.6. The smallest absolute Gasteiger partial charge is 0.184 e. The predicted octanol–water partition coefficient (Wildman–Crippen LogP) is 4.16. The van der Waals surface area contributed by atoms with E-state index in [2.05, 4.69) is 10.3 Å². The molecule has 0 radical (unpaired) electrons. The molecule has 2 rings (SSSR count). The van der Waals surface area contributed by atoms with Crippen LogP contribution in [0.15, 0.2) is 17.5 Å². The minimum atomic E-state index is -0.133. The van der Waals surface area contributed by atoms with Crippen molar-refractivity contribution in [2.24, 2.45) is 0 Å². The lowest BCUT2D eigenvalue weighted by Gasteiger charge is -2.07. The van der Waals surface area contributed by atoms with Crippen LogP contribution in [0.4, 0.5) is 9.52 Å². The van der Waals surface area contributed by atoms with Gasteiger partial charge in [-0.3, -0.25) is 0 Å². The second-order valence-corrected chi connectivity index (χ2v) is 5.12. The highest BCUT2D eigenvalue weighted by Gasteiger charge is 2.05. The van der Waals surface area contributed by atoms with Gasteiger partial charge in [-0.2, -0.15) is 0 Å². The van der Waals surface area contributed by atoms with Gasteiger partial charge in [0.15, 0.2) is 5.13 Å². The minimum Gasteiger partial charge on any atom is -0.357 e. The standard InChI is InChI=1S/C12H12ClFN2S/c1-7-3-9(4-8(2)11(7)14)5-15-12-16-10(13)6-17-12/h3-4,6H,5H2,1-2H3,(H,15,16). The fraction of sp³-hybridized carbons (Fsp3) is 0.250. The number of halogens is 2. The van der Waals surface area contributed by atoms with Crippen LogP contribution in [-0.4, -0.2) is 4.98 Å². The van der Waals surface area contributed by atoms with Crippen molar-refractivity contribution in [2.45, 2.75) is 20.4 Å². The monoisotopic (exact) mass is 270 g/mol. The molecule has 0 saturated carbocycles. The third-order valence-corrected chi connectivity index (χ3v) is 3.54. The summed E-state index contributed by atoms with van der Waals surface area (Å²) in [4.78, 5) is 4.09. The molecular formula is C12H12ClFN2S. The average molecular weight is 271 g/mol. The van der Waals surface area contributed by atoms with E-state index in [1.807, 2.05) is 12.1 Å². The van der Waals surface area contributed by atoms with Crippen molar-refractivity contribution in [3.63, 3.8) is 0 Å². The number of rotatable bonds is 3. The molecule has 0 spiro atoms.